The zero-order valence-electron chi connectivity index (χ0n) is 14.5. The van der Waals surface area contributed by atoms with Gasteiger partial charge in [-0.2, -0.15) is 4.72 Å². The highest BCUT2D eigenvalue weighted by Crippen LogP contribution is 2.32. The Morgan fingerprint density at radius 2 is 1.67 bits per heavy atom. The molecule has 1 aliphatic rings. The molecule has 2 aromatic carbocycles. The SMILES string of the molecule is O=C(O)C1(NS(=O)(=O)c2ccc(Oc3ccccc3Cl)cc2)CCCCC1. The second kappa shape index (κ2) is 7.88. The van der Waals surface area contributed by atoms with Gasteiger partial charge in [0.05, 0.1) is 9.92 Å². The topological polar surface area (TPSA) is 92.7 Å². The van der Waals surface area contributed by atoms with E-state index < -0.39 is 21.5 Å². The molecule has 6 nitrogen and oxygen atoms in total. The lowest BCUT2D eigenvalue weighted by atomic mass is 9.83. The van der Waals surface area contributed by atoms with E-state index in [2.05, 4.69) is 4.72 Å². The number of carbonyl (C=O) groups is 1. The van der Waals surface area contributed by atoms with E-state index in [-0.39, 0.29) is 17.7 Å². The van der Waals surface area contributed by atoms with E-state index in [0.29, 0.717) is 29.4 Å². The average molecular weight is 410 g/mol. The van der Waals surface area contributed by atoms with Crippen LogP contribution in [-0.4, -0.2) is 25.0 Å². The summed E-state index contributed by atoms with van der Waals surface area (Å²) in [6.45, 7) is 0. The van der Waals surface area contributed by atoms with E-state index in [0.717, 1.165) is 6.42 Å². The van der Waals surface area contributed by atoms with Gasteiger partial charge in [0.15, 0.2) is 0 Å². The van der Waals surface area contributed by atoms with Crippen LogP contribution in [0.2, 0.25) is 5.02 Å². The van der Waals surface area contributed by atoms with Crippen LogP contribution in [0, 0.1) is 0 Å². The zero-order chi connectivity index (χ0) is 19.5. The third kappa shape index (κ3) is 4.43. The molecule has 0 radical (unpaired) electrons. The monoisotopic (exact) mass is 409 g/mol. The number of sulfonamides is 1. The summed E-state index contributed by atoms with van der Waals surface area (Å²) in [6, 6.07) is 12.7. The molecule has 2 N–H and O–H groups in total. The van der Waals surface area contributed by atoms with Crippen LogP contribution in [0.4, 0.5) is 0 Å². The Morgan fingerprint density at radius 3 is 2.26 bits per heavy atom. The maximum atomic E-state index is 12.7. The summed E-state index contributed by atoms with van der Waals surface area (Å²) < 4.78 is 33.5. The highest BCUT2D eigenvalue weighted by atomic mass is 35.5. The average Bonchev–Trinajstić information content (AvgIpc) is 2.64. The third-order valence-electron chi connectivity index (χ3n) is 4.64. The molecule has 8 heteroatoms. The van der Waals surface area contributed by atoms with Crippen LogP contribution in [0.1, 0.15) is 32.1 Å². The molecular formula is C19H20ClNO5S. The molecule has 0 bridgehead atoms. The predicted octanol–water partition coefficient (Wildman–Crippen LogP) is 4.20. The first kappa shape index (κ1) is 19.7. The molecule has 0 saturated heterocycles. The first-order valence-corrected chi connectivity index (χ1v) is 10.5. The molecule has 0 aliphatic heterocycles. The number of rotatable bonds is 6. The largest absolute Gasteiger partial charge is 0.480 e. The van der Waals surface area contributed by atoms with Crippen LogP contribution in [0.5, 0.6) is 11.5 Å². The van der Waals surface area contributed by atoms with Crippen molar-refractivity contribution in [2.45, 2.75) is 42.5 Å². The Bertz CT molecular complexity index is 921. The summed E-state index contributed by atoms with van der Waals surface area (Å²) in [4.78, 5) is 11.7. The summed E-state index contributed by atoms with van der Waals surface area (Å²) in [7, 11) is -3.97. The van der Waals surface area contributed by atoms with E-state index in [1.807, 2.05) is 0 Å². The van der Waals surface area contributed by atoms with E-state index in [4.69, 9.17) is 16.3 Å². The van der Waals surface area contributed by atoms with Crippen molar-refractivity contribution < 1.29 is 23.1 Å². The Labute approximate surface area is 163 Å². The van der Waals surface area contributed by atoms with Crippen molar-refractivity contribution in [1.82, 2.24) is 4.72 Å². The Hall–Kier alpha value is -2.09. The van der Waals surface area contributed by atoms with Gasteiger partial charge in [-0.3, -0.25) is 4.79 Å². The second-order valence-corrected chi connectivity index (χ2v) is 8.65. The molecule has 27 heavy (non-hydrogen) atoms. The van der Waals surface area contributed by atoms with Gasteiger partial charge in [0.1, 0.15) is 17.0 Å². The fraction of sp³-hybridized carbons (Fsp3) is 0.316. The van der Waals surface area contributed by atoms with Crippen LogP contribution in [0.15, 0.2) is 53.4 Å². The number of aliphatic carboxylic acids is 1. The Morgan fingerprint density at radius 1 is 1.04 bits per heavy atom. The number of ether oxygens (including phenoxy) is 1. The number of hydrogen-bond acceptors (Lipinski definition) is 4. The maximum Gasteiger partial charge on any atom is 0.324 e. The van der Waals surface area contributed by atoms with Crippen LogP contribution in [-0.2, 0) is 14.8 Å². The van der Waals surface area contributed by atoms with Crippen molar-refractivity contribution in [1.29, 1.82) is 0 Å². The molecule has 144 valence electrons. The van der Waals surface area contributed by atoms with Gasteiger partial charge in [-0.15, -0.1) is 0 Å². The van der Waals surface area contributed by atoms with Crippen molar-refractivity contribution in [2.75, 3.05) is 0 Å². The van der Waals surface area contributed by atoms with Crippen molar-refractivity contribution in [2.24, 2.45) is 0 Å². The van der Waals surface area contributed by atoms with Gasteiger partial charge >= 0.3 is 5.97 Å². The van der Waals surface area contributed by atoms with Gasteiger partial charge in [0.25, 0.3) is 0 Å². The number of hydrogen-bond donors (Lipinski definition) is 2. The fourth-order valence-corrected chi connectivity index (χ4v) is 4.76. The molecular weight excluding hydrogens is 390 g/mol. The molecule has 2 aromatic rings. The van der Waals surface area contributed by atoms with Crippen molar-refractivity contribution in [3.8, 4) is 11.5 Å². The van der Waals surface area contributed by atoms with Crippen molar-refractivity contribution in [3.05, 3.63) is 53.6 Å². The predicted molar refractivity (Wildman–Crippen MR) is 102 cm³/mol. The lowest BCUT2D eigenvalue weighted by molar-refractivity contribution is -0.145. The lowest BCUT2D eigenvalue weighted by Gasteiger charge is -2.33. The summed E-state index contributed by atoms with van der Waals surface area (Å²) >= 11 is 6.04. The van der Waals surface area contributed by atoms with E-state index in [1.165, 1.54) is 24.3 Å². The second-order valence-electron chi connectivity index (χ2n) is 6.56. The smallest absolute Gasteiger partial charge is 0.324 e. The number of carboxylic acid groups (broad SMARTS) is 1. The summed E-state index contributed by atoms with van der Waals surface area (Å²) in [5, 5.41) is 10.0. The molecule has 0 unspecified atom stereocenters. The quantitative estimate of drug-likeness (QED) is 0.745. The molecule has 0 spiro atoms. The summed E-state index contributed by atoms with van der Waals surface area (Å²) in [5.41, 5.74) is -1.44. The zero-order valence-corrected chi connectivity index (χ0v) is 16.1. The fourth-order valence-electron chi connectivity index (χ4n) is 3.17. The van der Waals surface area contributed by atoms with Crippen molar-refractivity contribution >= 4 is 27.6 Å². The molecule has 1 aliphatic carbocycles. The highest BCUT2D eigenvalue weighted by Gasteiger charge is 2.43. The minimum atomic E-state index is -3.97. The number of carboxylic acids is 1. The van der Waals surface area contributed by atoms with E-state index >= 15 is 0 Å². The normalized spacial score (nSPS) is 16.6. The van der Waals surface area contributed by atoms with Crippen LogP contribution < -0.4 is 9.46 Å². The minimum Gasteiger partial charge on any atom is -0.480 e. The lowest BCUT2D eigenvalue weighted by Crippen LogP contribution is -2.55. The highest BCUT2D eigenvalue weighted by molar-refractivity contribution is 7.89. The molecule has 0 aromatic heterocycles. The summed E-state index contributed by atoms with van der Waals surface area (Å²) in [5.74, 6) is -0.253. The number of nitrogens with one attached hydrogen (secondary N) is 1. The van der Waals surface area contributed by atoms with Gasteiger partial charge in [-0.1, -0.05) is 43.0 Å². The van der Waals surface area contributed by atoms with Gasteiger partial charge in [0.2, 0.25) is 10.0 Å². The Kier molecular flexibility index (Phi) is 5.74. The standard InChI is InChI=1S/C19H20ClNO5S/c20-16-6-2-3-7-17(16)26-14-8-10-15(11-9-14)27(24,25)21-19(18(22)23)12-4-1-5-13-19/h2-3,6-11,21H,1,4-5,12-13H2,(H,22,23). The van der Waals surface area contributed by atoms with Crippen molar-refractivity contribution in [3.63, 3.8) is 0 Å². The van der Waals surface area contributed by atoms with Crippen LogP contribution in [0.3, 0.4) is 0 Å². The summed E-state index contributed by atoms with van der Waals surface area (Å²) in [6.07, 6.45) is 2.84. The van der Waals surface area contributed by atoms with E-state index in [9.17, 15) is 18.3 Å². The molecule has 1 fully saturated rings. The molecule has 1 saturated carbocycles. The maximum absolute atomic E-state index is 12.7. The number of halogens is 1. The van der Waals surface area contributed by atoms with Gasteiger partial charge in [-0.25, -0.2) is 8.42 Å². The van der Waals surface area contributed by atoms with E-state index in [1.54, 1.807) is 24.3 Å². The first-order valence-electron chi connectivity index (χ1n) is 8.62. The van der Waals surface area contributed by atoms with Gasteiger partial charge < -0.3 is 9.84 Å². The molecule has 3 rings (SSSR count). The molecule has 0 heterocycles. The van der Waals surface area contributed by atoms with Gasteiger partial charge in [0, 0.05) is 0 Å². The molecule has 0 amide bonds. The third-order valence-corrected chi connectivity index (χ3v) is 6.51. The first-order chi connectivity index (χ1) is 12.8. The number of para-hydroxylation sites is 1. The number of benzene rings is 2. The van der Waals surface area contributed by atoms with Gasteiger partial charge in [-0.05, 0) is 49.2 Å². The Balaban J connectivity index is 1.79. The van der Waals surface area contributed by atoms with Crippen LogP contribution in [0.25, 0.3) is 0 Å². The van der Waals surface area contributed by atoms with Crippen LogP contribution >= 0.6 is 11.6 Å². The minimum absolute atomic E-state index is 0.0137. The molecule has 0 atom stereocenters.